The van der Waals surface area contributed by atoms with E-state index in [1.165, 1.54) is 0 Å². The van der Waals surface area contributed by atoms with Gasteiger partial charge in [0.15, 0.2) is 0 Å². The summed E-state index contributed by atoms with van der Waals surface area (Å²) >= 11 is 3.32. The fraction of sp³-hybridized carbons (Fsp3) is 0.533. The van der Waals surface area contributed by atoms with Crippen molar-refractivity contribution in [2.45, 2.75) is 32.6 Å². The van der Waals surface area contributed by atoms with Crippen molar-refractivity contribution in [2.24, 2.45) is 5.41 Å². The first-order chi connectivity index (χ1) is 9.14. The van der Waals surface area contributed by atoms with Gasteiger partial charge in [0, 0.05) is 16.4 Å². The lowest BCUT2D eigenvalue weighted by Gasteiger charge is -2.22. The number of amides is 1. The minimum absolute atomic E-state index is 0.138. The molecule has 4 heteroatoms. The lowest BCUT2D eigenvalue weighted by Crippen LogP contribution is -2.30. The number of hydrogen-bond donors (Lipinski definition) is 1. The van der Waals surface area contributed by atoms with Gasteiger partial charge >= 0.3 is 0 Å². The van der Waals surface area contributed by atoms with Crippen molar-refractivity contribution in [1.82, 2.24) is 0 Å². The molecule has 19 heavy (non-hydrogen) atoms. The Hall–Kier alpha value is -1.03. The predicted molar refractivity (Wildman–Crippen MR) is 80.9 cm³/mol. The quantitative estimate of drug-likeness (QED) is 0.831. The Morgan fingerprint density at radius 2 is 1.95 bits per heavy atom. The highest BCUT2D eigenvalue weighted by molar-refractivity contribution is 9.09. The Balaban J connectivity index is 1.93. The molecular formula is C15H20BrNO2. The average Bonchev–Trinajstić information content (AvgIpc) is 2.86. The highest BCUT2D eigenvalue weighted by Gasteiger charge is 2.36. The monoisotopic (exact) mass is 325 g/mol. The van der Waals surface area contributed by atoms with Crippen LogP contribution in [0.4, 0.5) is 5.69 Å². The van der Waals surface area contributed by atoms with E-state index in [0.717, 1.165) is 42.5 Å². The molecule has 3 nitrogen and oxygen atoms in total. The molecule has 0 radical (unpaired) electrons. The predicted octanol–water partition coefficient (Wildman–Crippen LogP) is 3.98. The van der Waals surface area contributed by atoms with Crippen molar-refractivity contribution in [3.05, 3.63) is 24.3 Å². The van der Waals surface area contributed by atoms with Crippen molar-refractivity contribution in [3.63, 3.8) is 0 Å². The number of hydrogen-bond acceptors (Lipinski definition) is 2. The van der Waals surface area contributed by atoms with Crippen LogP contribution in [0.2, 0.25) is 0 Å². The molecule has 1 aromatic rings. The number of carbonyl (C=O) groups is 1. The second-order valence-electron chi connectivity index (χ2n) is 5.28. The number of rotatable bonds is 5. The second-order valence-corrected chi connectivity index (χ2v) is 6.08. The molecule has 1 N–H and O–H groups in total. The molecule has 104 valence electrons. The summed E-state index contributed by atoms with van der Waals surface area (Å²) in [6, 6.07) is 7.55. The van der Waals surface area contributed by atoms with E-state index in [-0.39, 0.29) is 11.3 Å². The van der Waals surface area contributed by atoms with Gasteiger partial charge in [-0.15, -0.1) is 0 Å². The summed E-state index contributed by atoms with van der Waals surface area (Å²) in [5, 5.41) is 3.81. The van der Waals surface area contributed by atoms with Gasteiger partial charge in [0.2, 0.25) is 5.91 Å². The largest absolute Gasteiger partial charge is 0.493 e. The summed E-state index contributed by atoms with van der Waals surface area (Å²) in [5.41, 5.74) is 0.648. The fourth-order valence-electron chi connectivity index (χ4n) is 2.46. The van der Waals surface area contributed by atoms with E-state index >= 15 is 0 Å². The summed E-state index contributed by atoms with van der Waals surface area (Å²) < 4.78 is 5.48. The first kappa shape index (κ1) is 14.4. The van der Waals surface area contributed by atoms with Crippen LogP contribution < -0.4 is 10.1 Å². The number of carbonyl (C=O) groups excluding carboxylic acids is 1. The Morgan fingerprint density at radius 1 is 1.32 bits per heavy atom. The molecule has 0 atom stereocenters. The summed E-state index contributed by atoms with van der Waals surface area (Å²) in [6.45, 7) is 2.70. The molecule has 1 aliphatic rings. The lowest BCUT2D eigenvalue weighted by atomic mass is 9.88. The van der Waals surface area contributed by atoms with Crippen LogP contribution in [0.3, 0.4) is 0 Å². The van der Waals surface area contributed by atoms with E-state index in [9.17, 15) is 4.79 Å². The molecule has 0 aromatic heterocycles. The van der Waals surface area contributed by atoms with Gasteiger partial charge in [-0.3, -0.25) is 4.79 Å². The second kappa shape index (κ2) is 6.42. The first-order valence-corrected chi connectivity index (χ1v) is 7.86. The number of alkyl halides is 1. The highest BCUT2D eigenvalue weighted by Crippen LogP contribution is 2.38. The molecule has 2 rings (SSSR count). The maximum absolute atomic E-state index is 12.2. The summed E-state index contributed by atoms with van der Waals surface area (Å²) in [6.07, 6.45) is 4.29. The Bertz CT molecular complexity index is 424. The maximum Gasteiger partial charge on any atom is 0.230 e. The molecule has 0 spiro atoms. The van der Waals surface area contributed by atoms with Gasteiger partial charge in [0.25, 0.3) is 0 Å². The molecule has 0 aliphatic heterocycles. The van der Waals surface area contributed by atoms with E-state index in [4.69, 9.17) is 4.74 Å². The van der Waals surface area contributed by atoms with Crippen molar-refractivity contribution < 1.29 is 9.53 Å². The van der Waals surface area contributed by atoms with Crippen LogP contribution >= 0.6 is 15.9 Å². The van der Waals surface area contributed by atoms with E-state index in [2.05, 4.69) is 28.2 Å². The van der Waals surface area contributed by atoms with Crippen LogP contribution in [-0.2, 0) is 4.79 Å². The van der Waals surface area contributed by atoms with Crippen LogP contribution in [0, 0.1) is 5.41 Å². The number of halogens is 1. The molecule has 1 aromatic carbocycles. The Kier molecular flexibility index (Phi) is 4.86. The van der Waals surface area contributed by atoms with E-state index in [1.807, 2.05) is 24.3 Å². The molecule has 0 saturated heterocycles. The number of ether oxygens (including phenoxy) is 1. The summed E-state index contributed by atoms with van der Waals surface area (Å²) in [4.78, 5) is 12.2. The van der Waals surface area contributed by atoms with Crippen LogP contribution in [0.1, 0.15) is 32.6 Å². The van der Waals surface area contributed by atoms with Crippen molar-refractivity contribution in [3.8, 4) is 5.75 Å². The summed E-state index contributed by atoms with van der Waals surface area (Å²) in [5.74, 6) is 0.962. The van der Waals surface area contributed by atoms with Gasteiger partial charge in [-0.25, -0.2) is 0 Å². The lowest BCUT2D eigenvalue weighted by molar-refractivity contribution is -0.124. The molecule has 1 amide bonds. The molecule has 0 unspecified atom stereocenters. The van der Waals surface area contributed by atoms with Gasteiger partial charge in [-0.05, 0) is 37.1 Å². The topological polar surface area (TPSA) is 38.3 Å². The first-order valence-electron chi connectivity index (χ1n) is 6.74. The molecule has 0 bridgehead atoms. The van der Waals surface area contributed by atoms with Gasteiger partial charge < -0.3 is 10.1 Å². The molecular weight excluding hydrogens is 306 g/mol. The highest BCUT2D eigenvalue weighted by atomic mass is 79.9. The SMILES string of the molecule is CC1(C(=O)Nc2ccc(OCCBr)cc2)CCCC1. The van der Waals surface area contributed by atoms with Crippen molar-refractivity contribution in [2.75, 3.05) is 17.3 Å². The van der Waals surface area contributed by atoms with Crippen LogP contribution in [0.5, 0.6) is 5.75 Å². The third kappa shape index (κ3) is 3.72. The maximum atomic E-state index is 12.2. The van der Waals surface area contributed by atoms with Crippen molar-refractivity contribution >= 4 is 27.5 Å². The Morgan fingerprint density at radius 3 is 2.53 bits per heavy atom. The normalized spacial score (nSPS) is 17.2. The smallest absolute Gasteiger partial charge is 0.230 e. The number of benzene rings is 1. The minimum atomic E-state index is -0.189. The zero-order valence-electron chi connectivity index (χ0n) is 11.2. The van der Waals surface area contributed by atoms with E-state index in [1.54, 1.807) is 0 Å². The van der Waals surface area contributed by atoms with E-state index in [0.29, 0.717) is 6.61 Å². The van der Waals surface area contributed by atoms with E-state index < -0.39 is 0 Å². The van der Waals surface area contributed by atoms with Gasteiger partial charge in [-0.1, -0.05) is 35.7 Å². The van der Waals surface area contributed by atoms with Gasteiger partial charge in [-0.2, -0.15) is 0 Å². The van der Waals surface area contributed by atoms with Gasteiger partial charge in [0.05, 0.1) is 6.61 Å². The molecule has 1 aliphatic carbocycles. The third-order valence-corrected chi connectivity index (χ3v) is 4.04. The standard InChI is InChI=1S/C15H20BrNO2/c1-15(8-2-3-9-15)14(18)17-12-4-6-13(7-5-12)19-11-10-16/h4-7H,2-3,8-11H2,1H3,(H,17,18). The molecule has 1 fully saturated rings. The third-order valence-electron chi connectivity index (χ3n) is 3.71. The van der Waals surface area contributed by atoms with Crippen LogP contribution in [0.15, 0.2) is 24.3 Å². The van der Waals surface area contributed by atoms with Crippen LogP contribution in [-0.4, -0.2) is 17.8 Å². The zero-order valence-corrected chi connectivity index (χ0v) is 12.8. The Labute approximate surface area is 122 Å². The van der Waals surface area contributed by atoms with Crippen LogP contribution in [0.25, 0.3) is 0 Å². The van der Waals surface area contributed by atoms with Gasteiger partial charge in [0.1, 0.15) is 5.75 Å². The summed E-state index contributed by atoms with van der Waals surface area (Å²) in [7, 11) is 0. The minimum Gasteiger partial charge on any atom is -0.493 e. The molecule has 1 saturated carbocycles. The fourth-order valence-corrected chi connectivity index (χ4v) is 2.62. The molecule has 0 heterocycles. The zero-order chi connectivity index (χ0) is 13.7. The number of anilines is 1. The van der Waals surface area contributed by atoms with Crippen molar-refractivity contribution in [1.29, 1.82) is 0 Å². The number of nitrogens with one attached hydrogen (secondary N) is 1. The average molecular weight is 326 g/mol.